The molecule has 0 unspecified atom stereocenters. The van der Waals surface area contributed by atoms with E-state index in [1.54, 1.807) is 48.5 Å². The van der Waals surface area contributed by atoms with Gasteiger partial charge in [-0.05, 0) is 73.5 Å². The third kappa shape index (κ3) is 7.62. The van der Waals surface area contributed by atoms with E-state index in [2.05, 4.69) is 15.8 Å². The molecule has 0 radical (unpaired) electrons. The second-order valence-corrected chi connectivity index (χ2v) is 8.12. The van der Waals surface area contributed by atoms with Crippen LogP contribution < -0.4 is 29.7 Å². The van der Waals surface area contributed by atoms with Crippen molar-refractivity contribution >= 4 is 35.3 Å². The number of aryl methyl sites for hydroxylation is 1. The molecule has 0 atom stereocenters. The van der Waals surface area contributed by atoms with Crippen molar-refractivity contribution in [2.45, 2.75) is 13.8 Å². The summed E-state index contributed by atoms with van der Waals surface area (Å²) in [5, 5.41) is 7.30. The summed E-state index contributed by atoms with van der Waals surface area (Å²) in [7, 11) is 3.02. The van der Waals surface area contributed by atoms with Gasteiger partial charge in [0.1, 0.15) is 0 Å². The van der Waals surface area contributed by atoms with Crippen LogP contribution in [0.2, 0.25) is 5.02 Å². The summed E-state index contributed by atoms with van der Waals surface area (Å²) in [4.78, 5) is 24.7. The van der Waals surface area contributed by atoms with Crippen LogP contribution in [0.15, 0.2) is 59.7 Å². The van der Waals surface area contributed by atoms with Gasteiger partial charge in [0.25, 0.3) is 11.8 Å². The van der Waals surface area contributed by atoms with Crippen molar-refractivity contribution in [3.63, 3.8) is 0 Å². The molecule has 0 aliphatic heterocycles. The molecule has 3 aromatic carbocycles. The minimum atomic E-state index is -0.410. The topological polar surface area (TPSA) is 107 Å². The number of halogens is 1. The first-order valence-corrected chi connectivity index (χ1v) is 11.7. The number of hydrogen-bond donors (Lipinski definition) is 2. The molecule has 0 heterocycles. The van der Waals surface area contributed by atoms with Crippen LogP contribution in [-0.2, 0) is 4.79 Å². The minimum Gasteiger partial charge on any atom is -0.493 e. The van der Waals surface area contributed by atoms with E-state index < -0.39 is 5.91 Å². The number of carbonyl (C=O) groups is 2. The molecule has 9 nitrogen and oxygen atoms in total. The van der Waals surface area contributed by atoms with Gasteiger partial charge >= 0.3 is 0 Å². The number of hydrogen-bond acceptors (Lipinski definition) is 7. The van der Waals surface area contributed by atoms with Gasteiger partial charge in [0.05, 0.1) is 27.0 Å². The van der Waals surface area contributed by atoms with Gasteiger partial charge in [0.2, 0.25) is 0 Å². The SMILES string of the molecule is CCOc1cc(C(=O)N/N=C/c2ccc(OCC(=O)Nc3ccc(C)c(Cl)c3)c(OC)c2)ccc1OC. The van der Waals surface area contributed by atoms with E-state index in [4.69, 9.17) is 30.5 Å². The van der Waals surface area contributed by atoms with E-state index >= 15 is 0 Å². The number of ether oxygens (including phenoxy) is 4. The van der Waals surface area contributed by atoms with Gasteiger partial charge in [0, 0.05) is 16.3 Å². The molecule has 0 aliphatic rings. The average molecular weight is 526 g/mol. The van der Waals surface area contributed by atoms with Crippen molar-refractivity contribution in [1.29, 1.82) is 0 Å². The van der Waals surface area contributed by atoms with Gasteiger partial charge in [-0.2, -0.15) is 5.10 Å². The fourth-order valence-electron chi connectivity index (χ4n) is 3.21. The van der Waals surface area contributed by atoms with Gasteiger partial charge < -0.3 is 24.3 Å². The van der Waals surface area contributed by atoms with Crippen LogP contribution >= 0.6 is 11.6 Å². The molecule has 0 aliphatic carbocycles. The molecule has 0 spiro atoms. The number of amides is 2. The van der Waals surface area contributed by atoms with Crippen molar-refractivity contribution < 1.29 is 28.5 Å². The monoisotopic (exact) mass is 525 g/mol. The fourth-order valence-corrected chi connectivity index (χ4v) is 3.39. The van der Waals surface area contributed by atoms with E-state index in [1.807, 2.05) is 19.9 Å². The number of carbonyl (C=O) groups excluding carboxylic acids is 2. The zero-order valence-electron chi connectivity index (χ0n) is 21.0. The van der Waals surface area contributed by atoms with Crippen LogP contribution in [0, 0.1) is 6.92 Å². The molecule has 2 N–H and O–H groups in total. The Kier molecular flexibility index (Phi) is 9.74. The Hall–Kier alpha value is -4.24. The lowest BCUT2D eigenvalue weighted by Crippen LogP contribution is -2.20. The van der Waals surface area contributed by atoms with E-state index in [0.717, 1.165) is 5.56 Å². The van der Waals surface area contributed by atoms with Gasteiger partial charge in [-0.25, -0.2) is 5.43 Å². The highest BCUT2D eigenvalue weighted by molar-refractivity contribution is 6.31. The van der Waals surface area contributed by atoms with Gasteiger partial charge in [-0.15, -0.1) is 0 Å². The molecule has 2 amide bonds. The molecule has 10 heteroatoms. The average Bonchev–Trinajstić information content (AvgIpc) is 2.90. The lowest BCUT2D eigenvalue weighted by molar-refractivity contribution is -0.118. The Morgan fingerprint density at radius 3 is 2.38 bits per heavy atom. The zero-order valence-corrected chi connectivity index (χ0v) is 21.7. The number of benzene rings is 3. The van der Waals surface area contributed by atoms with Crippen LogP contribution in [0.3, 0.4) is 0 Å². The minimum absolute atomic E-state index is 0.225. The summed E-state index contributed by atoms with van der Waals surface area (Å²) in [6.45, 7) is 3.94. The second kappa shape index (κ2) is 13.2. The number of nitrogens with one attached hydrogen (secondary N) is 2. The van der Waals surface area contributed by atoms with Crippen molar-refractivity contribution in [3.05, 3.63) is 76.3 Å². The summed E-state index contributed by atoms with van der Waals surface area (Å²) in [5.41, 5.74) is 4.99. The summed E-state index contributed by atoms with van der Waals surface area (Å²) in [6, 6.07) is 15.2. The Balaban J connectivity index is 1.58. The normalized spacial score (nSPS) is 10.6. The lowest BCUT2D eigenvalue weighted by atomic mass is 10.2. The molecule has 3 aromatic rings. The number of hydrazone groups is 1. The van der Waals surface area contributed by atoms with Crippen LogP contribution in [0.4, 0.5) is 5.69 Å². The maximum Gasteiger partial charge on any atom is 0.271 e. The summed E-state index contributed by atoms with van der Waals surface area (Å²) in [6.07, 6.45) is 1.46. The smallest absolute Gasteiger partial charge is 0.271 e. The maximum absolute atomic E-state index is 12.5. The van der Waals surface area contributed by atoms with E-state index in [0.29, 0.717) is 51.4 Å². The number of methoxy groups -OCH3 is 2. The molecular weight excluding hydrogens is 498 g/mol. The van der Waals surface area contributed by atoms with Crippen LogP contribution in [0.5, 0.6) is 23.0 Å². The second-order valence-electron chi connectivity index (χ2n) is 7.71. The van der Waals surface area contributed by atoms with Crippen LogP contribution in [0.1, 0.15) is 28.4 Å². The Labute approximate surface area is 220 Å². The van der Waals surface area contributed by atoms with Gasteiger partial charge in [-0.1, -0.05) is 17.7 Å². The molecular formula is C27H28ClN3O6. The summed E-state index contributed by atoms with van der Waals surface area (Å²) in [5.74, 6) is 1.03. The van der Waals surface area contributed by atoms with E-state index in [1.165, 1.54) is 20.4 Å². The number of rotatable bonds is 11. The van der Waals surface area contributed by atoms with Gasteiger partial charge in [0.15, 0.2) is 29.6 Å². The van der Waals surface area contributed by atoms with Crippen molar-refractivity contribution in [2.24, 2.45) is 5.10 Å². The van der Waals surface area contributed by atoms with Crippen LogP contribution in [0.25, 0.3) is 0 Å². The summed E-state index contributed by atoms with van der Waals surface area (Å²) >= 11 is 6.10. The Bertz CT molecular complexity index is 1300. The highest BCUT2D eigenvalue weighted by Crippen LogP contribution is 2.29. The Morgan fingerprint density at radius 1 is 0.919 bits per heavy atom. The van der Waals surface area contributed by atoms with Crippen LogP contribution in [-0.4, -0.2) is 45.5 Å². The maximum atomic E-state index is 12.5. The predicted molar refractivity (Wildman–Crippen MR) is 143 cm³/mol. The highest BCUT2D eigenvalue weighted by atomic mass is 35.5. The lowest BCUT2D eigenvalue weighted by Gasteiger charge is -2.12. The first-order valence-electron chi connectivity index (χ1n) is 11.4. The molecule has 0 saturated heterocycles. The molecule has 37 heavy (non-hydrogen) atoms. The third-order valence-corrected chi connectivity index (χ3v) is 5.51. The number of nitrogens with zero attached hydrogens (tertiary/aromatic N) is 1. The Morgan fingerprint density at radius 2 is 1.68 bits per heavy atom. The molecule has 0 fully saturated rings. The first-order chi connectivity index (χ1) is 17.8. The predicted octanol–water partition coefficient (Wildman–Crippen LogP) is 4.85. The quantitative estimate of drug-likeness (QED) is 0.274. The third-order valence-electron chi connectivity index (χ3n) is 5.11. The number of anilines is 1. The molecule has 0 bridgehead atoms. The van der Waals surface area contributed by atoms with Gasteiger partial charge in [-0.3, -0.25) is 9.59 Å². The standard InChI is InChI=1S/C27H28ClN3O6/c1-5-36-25-13-19(8-11-22(25)34-3)27(33)31-29-15-18-7-10-23(24(12-18)35-4)37-16-26(32)30-20-9-6-17(2)21(28)14-20/h6-15H,5,16H2,1-4H3,(H,30,32)(H,31,33)/b29-15+. The molecule has 0 aromatic heterocycles. The van der Waals surface area contributed by atoms with E-state index in [-0.39, 0.29) is 12.5 Å². The zero-order chi connectivity index (χ0) is 26.8. The largest absolute Gasteiger partial charge is 0.493 e. The van der Waals surface area contributed by atoms with Crippen molar-refractivity contribution in [2.75, 3.05) is 32.8 Å². The van der Waals surface area contributed by atoms with E-state index in [9.17, 15) is 9.59 Å². The highest BCUT2D eigenvalue weighted by Gasteiger charge is 2.12. The molecule has 3 rings (SSSR count). The fraction of sp³-hybridized carbons (Fsp3) is 0.222. The molecule has 194 valence electrons. The molecule has 0 saturated carbocycles. The van der Waals surface area contributed by atoms with Crippen molar-refractivity contribution in [3.8, 4) is 23.0 Å². The first kappa shape index (κ1) is 27.3. The van der Waals surface area contributed by atoms with Crippen molar-refractivity contribution in [1.82, 2.24) is 5.43 Å². The summed E-state index contributed by atoms with van der Waals surface area (Å²) < 4.78 is 21.7.